The second-order valence-electron chi connectivity index (χ2n) is 7.25. The topological polar surface area (TPSA) is 66.4 Å². The third kappa shape index (κ3) is 3.04. The summed E-state index contributed by atoms with van der Waals surface area (Å²) < 4.78 is 0. The molecule has 6 heteroatoms. The van der Waals surface area contributed by atoms with Crippen molar-refractivity contribution in [2.45, 2.75) is 38.6 Å². The van der Waals surface area contributed by atoms with E-state index in [0.29, 0.717) is 30.5 Å². The predicted molar refractivity (Wildman–Crippen MR) is 98.6 cm³/mol. The van der Waals surface area contributed by atoms with Crippen LogP contribution < -0.4 is 0 Å². The zero-order valence-corrected chi connectivity index (χ0v) is 15.1. The van der Waals surface area contributed by atoms with Gasteiger partial charge in [-0.25, -0.2) is 0 Å². The van der Waals surface area contributed by atoms with Gasteiger partial charge in [-0.3, -0.25) is 19.6 Å². The lowest BCUT2D eigenvalue weighted by Crippen LogP contribution is -2.57. The Kier molecular flexibility index (Phi) is 4.57. The minimum absolute atomic E-state index is 0.0509. The summed E-state index contributed by atoms with van der Waals surface area (Å²) in [4.78, 5) is 37.8. The summed E-state index contributed by atoms with van der Waals surface area (Å²) in [6.45, 7) is 4.37. The number of rotatable bonds is 3. The molecule has 2 aliphatic rings. The molecule has 2 amide bonds. The highest BCUT2D eigenvalue weighted by molar-refractivity contribution is 5.97. The highest BCUT2D eigenvalue weighted by atomic mass is 16.2. The van der Waals surface area contributed by atoms with Crippen molar-refractivity contribution >= 4 is 22.8 Å². The van der Waals surface area contributed by atoms with Crippen molar-refractivity contribution in [2.24, 2.45) is 5.92 Å². The molecule has 1 aromatic carbocycles. The number of nitrogens with zero attached hydrogens (tertiary/aromatic N) is 4. The maximum absolute atomic E-state index is 13.0. The van der Waals surface area contributed by atoms with Crippen LogP contribution in [0.5, 0.6) is 0 Å². The minimum atomic E-state index is 0.0509. The molecule has 0 unspecified atom stereocenters. The van der Waals surface area contributed by atoms with E-state index in [-0.39, 0.29) is 11.8 Å². The van der Waals surface area contributed by atoms with Crippen molar-refractivity contribution in [2.75, 3.05) is 19.6 Å². The largest absolute Gasteiger partial charge is 0.339 e. The number of fused-ring (bicyclic) bond motifs is 2. The molecular formula is C20H24N4O2. The van der Waals surface area contributed by atoms with E-state index >= 15 is 0 Å². The number of carbonyl (C=O) groups excluding carboxylic acids is 2. The summed E-state index contributed by atoms with van der Waals surface area (Å²) in [6.07, 6.45) is 6.64. The van der Waals surface area contributed by atoms with Crippen LogP contribution in [0.2, 0.25) is 0 Å². The Balaban J connectivity index is 1.50. The van der Waals surface area contributed by atoms with Crippen LogP contribution in [0, 0.1) is 5.92 Å². The molecule has 0 bridgehead atoms. The van der Waals surface area contributed by atoms with E-state index in [4.69, 9.17) is 0 Å². The molecule has 2 fully saturated rings. The fourth-order valence-corrected chi connectivity index (χ4v) is 4.35. The first-order valence-electron chi connectivity index (χ1n) is 9.47. The molecule has 2 aliphatic heterocycles. The van der Waals surface area contributed by atoms with E-state index in [1.165, 1.54) is 0 Å². The molecule has 0 radical (unpaired) electrons. The van der Waals surface area contributed by atoms with Gasteiger partial charge in [0.05, 0.1) is 11.0 Å². The average Bonchev–Trinajstić information content (AvgIpc) is 2.69. The van der Waals surface area contributed by atoms with Crippen molar-refractivity contribution in [1.29, 1.82) is 0 Å². The fraction of sp³-hybridized carbons (Fsp3) is 0.500. The second-order valence-corrected chi connectivity index (χ2v) is 7.25. The molecule has 2 aromatic rings. The molecule has 0 aliphatic carbocycles. The summed E-state index contributed by atoms with van der Waals surface area (Å²) in [7, 11) is 0. The summed E-state index contributed by atoms with van der Waals surface area (Å²) in [5.41, 5.74) is 2.20. The maximum atomic E-state index is 13.0. The van der Waals surface area contributed by atoms with Gasteiger partial charge in [0.15, 0.2) is 0 Å². The van der Waals surface area contributed by atoms with Crippen LogP contribution in [0.25, 0.3) is 11.0 Å². The number of piperidine rings is 2. The Bertz CT molecular complexity index is 837. The monoisotopic (exact) mass is 352 g/mol. The fourth-order valence-electron chi connectivity index (χ4n) is 4.35. The smallest absolute Gasteiger partial charge is 0.253 e. The second kappa shape index (κ2) is 7.02. The van der Waals surface area contributed by atoms with Crippen molar-refractivity contribution in [1.82, 2.24) is 19.8 Å². The predicted octanol–water partition coefficient (Wildman–Crippen LogP) is 2.49. The lowest BCUT2D eigenvalue weighted by atomic mass is 9.83. The molecule has 136 valence electrons. The Morgan fingerprint density at radius 1 is 1.19 bits per heavy atom. The van der Waals surface area contributed by atoms with E-state index in [2.05, 4.69) is 21.8 Å². The number of hydrogen-bond acceptors (Lipinski definition) is 4. The van der Waals surface area contributed by atoms with Gasteiger partial charge in [0.25, 0.3) is 5.91 Å². The van der Waals surface area contributed by atoms with Crippen LogP contribution >= 0.6 is 0 Å². The summed E-state index contributed by atoms with van der Waals surface area (Å²) in [6, 6.07) is 5.80. The van der Waals surface area contributed by atoms with Crippen LogP contribution in [0.15, 0.2) is 30.6 Å². The van der Waals surface area contributed by atoms with Gasteiger partial charge in [-0.1, -0.05) is 6.92 Å². The van der Waals surface area contributed by atoms with Crippen LogP contribution in [0.4, 0.5) is 0 Å². The van der Waals surface area contributed by atoms with Gasteiger partial charge in [0.2, 0.25) is 5.91 Å². The van der Waals surface area contributed by atoms with Crippen LogP contribution in [0.1, 0.15) is 43.0 Å². The standard InChI is InChI=1S/C20H24N4O2/c1-2-10-24-18-7-11-23(13-15(18)4-6-19(24)25)20(26)14-3-5-16-17(12-14)22-9-8-21-16/h3,5,8-9,12,15,18H,2,4,6-7,10-11,13H2,1H3/t15-,18+/m0/s1. The molecule has 3 heterocycles. The molecule has 1 aromatic heterocycles. The van der Waals surface area contributed by atoms with E-state index in [9.17, 15) is 9.59 Å². The Morgan fingerprint density at radius 3 is 2.81 bits per heavy atom. The number of amides is 2. The summed E-state index contributed by atoms with van der Waals surface area (Å²) >= 11 is 0. The molecule has 26 heavy (non-hydrogen) atoms. The lowest BCUT2D eigenvalue weighted by molar-refractivity contribution is -0.140. The summed E-state index contributed by atoms with van der Waals surface area (Å²) in [5.74, 6) is 0.716. The molecular weight excluding hydrogens is 328 g/mol. The highest BCUT2D eigenvalue weighted by Crippen LogP contribution is 2.32. The third-order valence-corrected chi connectivity index (χ3v) is 5.61. The van der Waals surface area contributed by atoms with Crippen molar-refractivity contribution < 1.29 is 9.59 Å². The first kappa shape index (κ1) is 16.9. The quantitative estimate of drug-likeness (QED) is 0.851. The van der Waals surface area contributed by atoms with Gasteiger partial charge in [-0.2, -0.15) is 0 Å². The zero-order chi connectivity index (χ0) is 18.1. The van der Waals surface area contributed by atoms with Crippen molar-refractivity contribution in [3.63, 3.8) is 0 Å². The lowest BCUT2D eigenvalue weighted by Gasteiger charge is -2.47. The molecule has 6 nitrogen and oxygen atoms in total. The van der Waals surface area contributed by atoms with Crippen LogP contribution in [-0.2, 0) is 4.79 Å². The number of carbonyl (C=O) groups is 2. The first-order valence-corrected chi connectivity index (χ1v) is 9.47. The Labute approximate surface area is 153 Å². The van der Waals surface area contributed by atoms with Gasteiger partial charge < -0.3 is 9.80 Å². The van der Waals surface area contributed by atoms with Crippen molar-refractivity contribution in [3.8, 4) is 0 Å². The number of aromatic nitrogens is 2. The van der Waals surface area contributed by atoms with E-state index in [0.717, 1.165) is 43.4 Å². The van der Waals surface area contributed by atoms with Gasteiger partial charge in [-0.05, 0) is 43.4 Å². The molecule has 0 N–H and O–H groups in total. The van der Waals surface area contributed by atoms with E-state index < -0.39 is 0 Å². The SMILES string of the molecule is CCCN1C(=O)CC[C@H]2CN(C(=O)c3ccc4nccnc4c3)CC[C@H]21. The van der Waals surface area contributed by atoms with E-state index in [1.54, 1.807) is 12.4 Å². The number of benzene rings is 1. The highest BCUT2D eigenvalue weighted by Gasteiger charge is 2.40. The molecule has 0 spiro atoms. The Hall–Kier alpha value is -2.50. The number of likely N-dealkylation sites (tertiary alicyclic amines) is 2. The molecule has 2 saturated heterocycles. The Morgan fingerprint density at radius 2 is 2.00 bits per heavy atom. The van der Waals surface area contributed by atoms with Crippen LogP contribution in [-0.4, -0.2) is 57.3 Å². The average molecular weight is 352 g/mol. The van der Waals surface area contributed by atoms with Gasteiger partial charge >= 0.3 is 0 Å². The van der Waals surface area contributed by atoms with Gasteiger partial charge in [0.1, 0.15) is 0 Å². The van der Waals surface area contributed by atoms with Gasteiger partial charge in [0, 0.05) is 50.1 Å². The van der Waals surface area contributed by atoms with Crippen LogP contribution in [0.3, 0.4) is 0 Å². The normalized spacial score (nSPS) is 23.2. The minimum Gasteiger partial charge on any atom is -0.339 e. The third-order valence-electron chi connectivity index (χ3n) is 5.61. The molecule has 4 rings (SSSR count). The molecule has 0 saturated carbocycles. The van der Waals surface area contributed by atoms with Crippen molar-refractivity contribution in [3.05, 3.63) is 36.2 Å². The number of hydrogen-bond donors (Lipinski definition) is 0. The maximum Gasteiger partial charge on any atom is 0.253 e. The zero-order valence-electron chi connectivity index (χ0n) is 15.1. The van der Waals surface area contributed by atoms with Gasteiger partial charge in [-0.15, -0.1) is 0 Å². The summed E-state index contributed by atoms with van der Waals surface area (Å²) in [5, 5.41) is 0. The van der Waals surface area contributed by atoms with E-state index in [1.807, 2.05) is 23.1 Å². The first-order chi connectivity index (χ1) is 12.7. The molecule has 2 atom stereocenters.